The van der Waals surface area contributed by atoms with Gasteiger partial charge in [0.25, 0.3) is 0 Å². The fourth-order valence-corrected chi connectivity index (χ4v) is 2.56. The lowest BCUT2D eigenvalue weighted by atomic mass is 9.97. The first kappa shape index (κ1) is 32.7. The van der Waals surface area contributed by atoms with Gasteiger partial charge in [0.1, 0.15) is 0 Å². The molecule has 0 saturated carbocycles. The highest BCUT2D eigenvalue weighted by molar-refractivity contribution is 4.61. The van der Waals surface area contributed by atoms with Gasteiger partial charge in [0.15, 0.2) is 0 Å². The Balaban J connectivity index is -0.000000274. The molecule has 0 aromatic heterocycles. The molecule has 0 radical (unpaired) electrons. The third kappa shape index (κ3) is 45.4. The predicted molar refractivity (Wildman–Crippen MR) is 123 cm³/mol. The molecule has 0 heterocycles. The summed E-state index contributed by atoms with van der Waals surface area (Å²) in [5, 5.41) is 0. The lowest BCUT2D eigenvalue weighted by molar-refractivity contribution is 0.473. The van der Waals surface area contributed by atoms with Gasteiger partial charge < -0.3 is 6.92 Å². The second-order valence-corrected chi connectivity index (χ2v) is 7.39. The topological polar surface area (TPSA) is 0 Å². The van der Waals surface area contributed by atoms with Gasteiger partial charge in [-0.05, 0) is 0 Å². The molecule has 0 aliphatic rings. The number of hydrogen-bond acceptors (Lipinski definition) is 0. The van der Waals surface area contributed by atoms with Crippen LogP contribution in [0.4, 0.5) is 0 Å². The van der Waals surface area contributed by atoms with Crippen molar-refractivity contribution in [2.75, 3.05) is 0 Å². The molecule has 0 aromatic carbocycles. The molecule has 0 spiro atoms. The lowest BCUT2D eigenvalue weighted by Gasteiger charge is -2.16. The summed E-state index contributed by atoms with van der Waals surface area (Å²) in [6, 6.07) is 0. The van der Waals surface area contributed by atoms with E-state index >= 15 is 0 Å². The van der Waals surface area contributed by atoms with E-state index in [1.54, 1.807) is 0 Å². The second-order valence-electron chi connectivity index (χ2n) is 7.39. The Morgan fingerprint density at radius 2 is 0.760 bits per heavy atom. The highest BCUT2D eigenvalue weighted by atomic mass is 14.1. The summed E-state index contributed by atoms with van der Waals surface area (Å²) in [6.45, 7) is 17.3. The fraction of sp³-hybridized carbons (Fsp3) is 0.960. The van der Waals surface area contributed by atoms with Gasteiger partial charge in [0.05, 0.1) is 0 Å². The van der Waals surface area contributed by atoms with Crippen LogP contribution in [0.2, 0.25) is 0 Å². The molecule has 0 aromatic rings. The molecule has 0 N–H and O–H groups in total. The minimum Gasteiger partial charge on any atom is -0.340 e. The minimum atomic E-state index is 0. The zero-order chi connectivity index (χ0) is 18.9. The van der Waals surface area contributed by atoms with Gasteiger partial charge in [-0.25, -0.2) is 0 Å². The Kier molecular flexibility index (Phi) is 45.9. The van der Waals surface area contributed by atoms with Crippen LogP contribution in [0.25, 0.3) is 0 Å². The van der Waals surface area contributed by atoms with Crippen LogP contribution in [0.5, 0.6) is 0 Å². The summed E-state index contributed by atoms with van der Waals surface area (Å²) in [5.41, 5.74) is 0. The molecule has 0 saturated heterocycles. The highest BCUT2D eigenvalue weighted by Crippen LogP contribution is 2.17. The Morgan fingerprint density at radius 1 is 0.480 bits per heavy atom. The van der Waals surface area contributed by atoms with E-state index in [1.165, 1.54) is 103 Å². The zero-order valence-electron chi connectivity index (χ0n) is 18.6. The first-order valence-electron chi connectivity index (χ1n) is 11.5. The minimum absolute atomic E-state index is 0. The van der Waals surface area contributed by atoms with Crippen LogP contribution in [0.3, 0.4) is 0 Å². The molecule has 0 bridgehead atoms. The van der Waals surface area contributed by atoms with Crippen LogP contribution in [0.1, 0.15) is 152 Å². The second kappa shape index (κ2) is 35.2. The largest absolute Gasteiger partial charge is 0.340 e. The SMILES string of the molecule is C.CCC.CCC.[CH2-]C(CCCC)CCCCCCCCCCCC. The van der Waals surface area contributed by atoms with Crippen LogP contribution in [-0.2, 0) is 0 Å². The van der Waals surface area contributed by atoms with E-state index in [0.717, 1.165) is 5.92 Å². The smallest absolute Gasteiger partial charge is 0.0533 e. The van der Waals surface area contributed by atoms with E-state index in [1.807, 2.05) is 0 Å². The van der Waals surface area contributed by atoms with Crippen molar-refractivity contribution in [1.29, 1.82) is 0 Å². The molecule has 158 valence electrons. The Bertz CT molecular complexity index is 159. The first-order chi connectivity index (χ1) is 11.6. The summed E-state index contributed by atoms with van der Waals surface area (Å²) >= 11 is 0. The average molecular weight is 358 g/mol. The highest BCUT2D eigenvalue weighted by Gasteiger charge is 1.96. The van der Waals surface area contributed by atoms with Crippen molar-refractivity contribution in [1.82, 2.24) is 0 Å². The molecule has 0 heteroatoms. The monoisotopic (exact) mass is 357 g/mol. The van der Waals surface area contributed by atoms with Crippen LogP contribution in [-0.4, -0.2) is 0 Å². The third-order valence-electron chi connectivity index (χ3n) is 3.93. The Labute approximate surface area is 165 Å². The Hall–Kier alpha value is 0. The van der Waals surface area contributed by atoms with Crippen molar-refractivity contribution in [2.45, 2.75) is 152 Å². The van der Waals surface area contributed by atoms with E-state index in [9.17, 15) is 0 Å². The number of rotatable bonds is 14. The molecule has 1 atom stereocenters. The van der Waals surface area contributed by atoms with Crippen molar-refractivity contribution in [3.05, 3.63) is 6.92 Å². The van der Waals surface area contributed by atoms with Gasteiger partial charge in [-0.15, -0.1) is 0 Å². The van der Waals surface area contributed by atoms with Gasteiger partial charge in [-0.3, -0.25) is 0 Å². The Morgan fingerprint density at radius 3 is 1.12 bits per heavy atom. The zero-order valence-corrected chi connectivity index (χ0v) is 18.6. The van der Waals surface area contributed by atoms with E-state index in [-0.39, 0.29) is 7.43 Å². The van der Waals surface area contributed by atoms with Gasteiger partial charge >= 0.3 is 0 Å². The maximum atomic E-state index is 4.25. The van der Waals surface area contributed by atoms with Crippen molar-refractivity contribution in [2.24, 2.45) is 5.92 Å². The van der Waals surface area contributed by atoms with E-state index in [2.05, 4.69) is 48.5 Å². The van der Waals surface area contributed by atoms with E-state index < -0.39 is 0 Å². The maximum absolute atomic E-state index is 4.25. The average Bonchev–Trinajstić information content (AvgIpc) is 2.56. The van der Waals surface area contributed by atoms with E-state index in [4.69, 9.17) is 0 Å². The summed E-state index contributed by atoms with van der Waals surface area (Å²) in [4.78, 5) is 0. The van der Waals surface area contributed by atoms with Crippen LogP contribution >= 0.6 is 0 Å². The summed E-state index contributed by atoms with van der Waals surface area (Å²) in [7, 11) is 0. The quantitative estimate of drug-likeness (QED) is 0.214. The predicted octanol–water partition coefficient (Wildman–Crippen LogP) is 10.4. The maximum Gasteiger partial charge on any atom is -0.0533 e. The molecule has 0 fully saturated rings. The molecule has 0 amide bonds. The summed E-state index contributed by atoms with van der Waals surface area (Å²) in [6.07, 6.45) is 22.3. The lowest BCUT2D eigenvalue weighted by Crippen LogP contribution is -1.94. The number of unbranched alkanes of at least 4 members (excludes halogenated alkanes) is 10. The molecule has 0 aliphatic carbocycles. The molecule has 0 rings (SSSR count). The normalized spacial score (nSPS) is 10.7. The summed E-state index contributed by atoms with van der Waals surface area (Å²) in [5.74, 6) is 0.721. The van der Waals surface area contributed by atoms with Gasteiger partial charge in [0, 0.05) is 0 Å². The molecular formula is C25H57-. The van der Waals surface area contributed by atoms with Crippen LogP contribution < -0.4 is 0 Å². The van der Waals surface area contributed by atoms with Gasteiger partial charge in [-0.2, -0.15) is 5.92 Å². The van der Waals surface area contributed by atoms with Crippen LogP contribution in [0, 0.1) is 12.8 Å². The fourth-order valence-electron chi connectivity index (χ4n) is 2.56. The third-order valence-corrected chi connectivity index (χ3v) is 3.93. The molecule has 0 nitrogen and oxygen atoms in total. The van der Waals surface area contributed by atoms with Crippen molar-refractivity contribution < 1.29 is 0 Å². The van der Waals surface area contributed by atoms with E-state index in [0.29, 0.717) is 0 Å². The first-order valence-corrected chi connectivity index (χ1v) is 11.5. The van der Waals surface area contributed by atoms with Crippen molar-refractivity contribution in [3.8, 4) is 0 Å². The number of hydrogen-bond donors (Lipinski definition) is 0. The molecular weight excluding hydrogens is 300 g/mol. The van der Waals surface area contributed by atoms with Crippen molar-refractivity contribution >= 4 is 0 Å². The van der Waals surface area contributed by atoms with Crippen LogP contribution in [0.15, 0.2) is 0 Å². The molecule has 0 aliphatic heterocycles. The van der Waals surface area contributed by atoms with Gasteiger partial charge in [0.2, 0.25) is 0 Å². The summed E-state index contributed by atoms with van der Waals surface area (Å²) < 4.78 is 0. The standard InChI is InChI=1S/C18H37.2C3H8.CH4/c1-4-6-8-9-10-11-12-13-14-15-17-18(3)16-7-5-2;2*1-3-2;/h18H,3-17H2,1-2H3;2*3H2,1-2H3;1H4/q-1;;;. The van der Waals surface area contributed by atoms with Gasteiger partial charge in [-0.1, -0.05) is 152 Å². The molecule has 25 heavy (non-hydrogen) atoms. The molecule has 1 unspecified atom stereocenters. The van der Waals surface area contributed by atoms with Crippen molar-refractivity contribution in [3.63, 3.8) is 0 Å².